The van der Waals surface area contributed by atoms with Gasteiger partial charge in [-0.2, -0.15) is 0 Å². The van der Waals surface area contributed by atoms with E-state index in [9.17, 15) is 0 Å². The molecule has 0 spiro atoms. The Morgan fingerprint density at radius 1 is 0.684 bits per heavy atom. The van der Waals surface area contributed by atoms with Crippen molar-refractivity contribution >= 4 is 14.2 Å². The van der Waals surface area contributed by atoms with Gasteiger partial charge in [-0.25, -0.2) is 0 Å². The third-order valence-electron chi connectivity index (χ3n) is 4.09. The van der Waals surface area contributed by atoms with E-state index in [1.807, 2.05) is 0 Å². The Balaban J connectivity index is 3.40. The fourth-order valence-corrected chi connectivity index (χ4v) is 15.4. The molecule has 1 rings (SSSR count). The molecule has 1 saturated heterocycles. The molecule has 0 amide bonds. The number of rotatable bonds is 2. The second kappa shape index (κ2) is 5.30. The Morgan fingerprint density at radius 3 is 1.11 bits per heavy atom. The van der Waals surface area contributed by atoms with Crippen molar-refractivity contribution in [1.82, 2.24) is 15.4 Å². The molecule has 0 N–H and O–H groups in total. The van der Waals surface area contributed by atoms with Crippen molar-refractivity contribution in [2.24, 2.45) is 0 Å². The van der Waals surface area contributed by atoms with Crippen LogP contribution in [0.2, 0.25) is 0 Å². The molecule has 0 unspecified atom stereocenters. The summed E-state index contributed by atoms with van der Waals surface area (Å²) in [4.78, 5) is 0. The van der Waals surface area contributed by atoms with Crippen LogP contribution in [-0.2, 0) is 0 Å². The van der Waals surface area contributed by atoms with E-state index in [1.54, 1.807) is 0 Å². The summed E-state index contributed by atoms with van der Waals surface area (Å²) in [5.41, 5.74) is 0.434. The van der Waals surface area contributed by atoms with E-state index >= 15 is 0 Å². The van der Waals surface area contributed by atoms with E-state index in [0.29, 0.717) is 0 Å². The van der Waals surface area contributed by atoms with Gasteiger partial charge in [-0.15, -0.1) is 0 Å². The van der Waals surface area contributed by atoms with Crippen LogP contribution in [0, 0.1) is 0 Å². The van der Waals surface area contributed by atoms with Gasteiger partial charge in [-0.3, -0.25) is 0 Å². The molecular formula is C14H34GeN4. The molecule has 5 heteroatoms. The van der Waals surface area contributed by atoms with Crippen LogP contribution in [0.4, 0.5) is 0 Å². The number of nitrogens with zero attached hydrogens (tertiary/aromatic N) is 4. The van der Waals surface area contributed by atoms with Gasteiger partial charge >= 0.3 is 123 Å². The summed E-state index contributed by atoms with van der Waals surface area (Å²) in [5, 5.41) is 0. The molecule has 0 aromatic heterocycles. The molecule has 0 atom stereocenters. The molecule has 19 heavy (non-hydrogen) atoms. The first-order chi connectivity index (χ1) is 8.36. The van der Waals surface area contributed by atoms with Gasteiger partial charge in [0.15, 0.2) is 0 Å². The van der Waals surface area contributed by atoms with Gasteiger partial charge in [0.2, 0.25) is 0 Å². The first-order valence-corrected chi connectivity index (χ1v) is 11.0. The first kappa shape index (κ1) is 17.4. The second-order valence-corrected chi connectivity index (χ2v) is 16.6. The molecule has 1 heterocycles. The quantitative estimate of drug-likeness (QED) is 0.715. The van der Waals surface area contributed by atoms with Gasteiger partial charge in [-0.1, -0.05) is 0 Å². The maximum atomic E-state index is 2.79. The summed E-state index contributed by atoms with van der Waals surface area (Å²) in [7, 11) is 9.07. The van der Waals surface area contributed by atoms with Crippen LogP contribution in [0.1, 0.15) is 41.5 Å². The molecule has 0 saturated carbocycles. The summed E-state index contributed by atoms with van der Waals surface area (Å²) in [6.07, 6.45) is 0. The van der Waals surface area contributed by atoms with E-state index in [0.717, 1.165) is 0 Å². The van der Waals surface area contributed by atoms with Crippen LogP contribution < -0.4 is 0 Å². The molecule has 0 aromatic carbocycles. The molecular weight excluding hydrogens is 297 g/mol. The van der Waals surface area contributed by atoms with E-state index in [4.69, 9.17) is 0 Å². The van der Waals surface area contributed by atoms with E-state index in [1.165, 1.54) is 13.1 Å². The average molecular weight is 331 g/mol. The van der Waals surface area contributed by atoms with Gasteiger partial charge in [0.25, 0.3) is 0 Å². The van der Waals surface area contributed by atoms with Gasteiger partial charge < -0.3 is 0 Å². The Kier molecular flexibility index (Phi) is 4.86. The zero-order valence-electron chi connectivity index (χ0n) is 14.7. The molecule has 0 radical (unpaired) electrons. The normalized spacial score (nSPS) is 22.7. The minimum absolute atomic E-state index is 0.217. The summed E-state index contributed by atoms with van der Waals surface area (Å²) in [6, 6.07) is 0. The summed E-state index contributed by atoms with van der Waals surface area (Å²) in [6.45, 7) is 16.5. The number of hydrogen-bond acceptors (Lipinski definition) is 4. The number of hydrogen-bond donors (Lipinski definition) is 0. The van der Waals surface area contributed by atoms with Crippen molar-refractivity contribution < 1.29 is 0 Å². The fourth-order valence-electron chi connectivity index (χ4n) is 3.58. The first-order valence-electron chi connectivity index (χ1n) is 7.26. The summed E-state index contributed by atoms with van der Waals surface area (Å²) < 4.78 is 10.6. The van der Waals surface area contributed by atoms with E-state index < -0.39 is 14.2 Å². The van der Waals surface area contributed by atoms with Gasteiger partial charge in [0.05, 0.1) is 0 Å². The van der Waals surface area contributed by atoms with Crippen LogP contribution >= 0.6 is 0 Å². The second-order valence-electron chi connectivity index (χ2n) is 8.03. The maximum absolute atomic E-state index is 2.79. The summed E-state index contributed by atoms with van der Waals surface area (Å²) in [5.74, 6) is 0. The minimum atomic E-state index is -2.62. The zero-order valence-corrected chi connectivity index (χ0v) is 16.8. The van der Waals surface area contributed by atoms with Crippen LogP contribution in [0.15, 0.2) is 0 Å². The van der Waals surface area contributed by atoms with E-state index in [-0.39, 0.29) is 11.1 Å². The van der Waals surface area contributed by atoms with Gasteiger partial charge in [0.1, 0.15) is 0 Å². The van der Waals surface area contributed by atoms with Crippen LogP contribution in [0.25, 0.3) is 0 Å². The Bertz CT molecular complexity index is 282. The topological polar surface area (TPSA) is 13.0 Å². The predicted molar refractivity (Wildman–Crippen MR) is 86.0 cm³/mol. The van der Waals surface area contributed by atoms with Gasteiger partial charge in [0, 0.05) is 0 Å². The standard InChI is InChI=1S/C14H34GeN4/c1-13(2,3)18-11-12-19(14(4,5)6)15(18,16(7)8)17(9)10/h11-12H2,1-10H3. The van der Waals surface area contributed by atoms with E-state index in [2.05, 4.69) is 85.2 Å². The Morgan fingerprint density at radius 2 is 0.947 bits per heavy atom. The molecule has 1 aliphatic heterocycles. The van der Waals surface area contributed by atoms with Crippen molar-refractivity contribution in [3.63, 3.8) is 0 Å². The van der Waals surface area contributed by atoms with Crippen molar-refractivity contribution in [2.75, 3.05) is 41.3 Å². The Hall–Kier alpha value is 0.383. The SMILES string of the molecule is C[N](C)[Ge]1([N](C)C)[N](C(C)(C)C)CC[N]1C(C)(C)C. The molecule has 1 aliphatic rings. The van der Waals surface area contributed by atoms with Crippen molar-refractivity contribution in [1.29, 1.82) is 0 Å². The van der Waals surface area contributed by atoms with Crippen molar-refractivity contribution in [3.05, 3.63) is 0 Å². The molecule has 1 fully saturated rings. The molecule has 0 aliphatic carbocycles. The summed E-state index contributed by atoms with van der Waals surface area (Å²) >= 11 is -2.62. The fraction of sp³-hybridized carbons (Fsp3) is 1.00. The van der Waals surface area contributed by atoms with Crippen LogP contribution in [0.3, 0.4) is 0 Å². The average Bonchev–Trinajstić information content (AvgIpc) is 2.55. The van der Waals surface area contributed by atoms with Crippen molar-refractivity contribution in [3.8, 4) is 0 Å². The predicted octanol–water partition coefficient (Wildman–Crippen LogP) is 1.76. The molecule has 114 valence electrons. The van der Waals surface area contributed by atoms with Gasteiger partial charge in [-0.05, 0) is 0 Å². The monoisotopic (exact) mass is 332 g/mol. The molecule has 4 nitrogen and oxygen atoms in total. The van der Waals surface area contributed by atoms with Crippen molar-refractivity contribution in [2.45, 2.75) is 52.6 Å². The third kappa shape index (κ3) is 2.88. The molecule has 0 aromatic rings. The zero-order chi connectivity index (χ0) is 15.2. The third-order valence-corrected chi connectivity index (χ3v) is 15.9. The Labute approximate surface area is 124 Å². The van der Waals surface area contributed by atoms with Crippen LogP contribution in [-0.4, -0.2) is 81.9 Å². The molecule has 0 bridgehead atoms. The van der Waals surface area contributed by atoms with Crippen LogP contribution in [0.5, 0.6) is 0 Å².